The largest absolute Gasteiger partial charge is 0.467 e. The van der Waals surface area contributed by atoms with Gasteiger partial charge in [0.15, 0.2) is 0 Å². The molecule has 0 aliphatic heterocycles. The first-order valence-corrected chi connectivity index (χ1v) is 11.4. The van der Waals surface area contributed by atoms with E-state index in [2.05, 4.69) is 6.92 Å². The molecule has 0 fully saturated rings. The van der Waals surface area contributed by atoms with E-state index < -0.39 is 10.1 Å². The first-order chi connectivity index (χ1) is 13.3. The number of carbonyl (C=O) groups is 1. The lowest BCUT2D eigenvalue weighted by atomic mass is 9.97. The maximum Gasteiger partial charge on any atom is 0.306 e. The molecule has 0 bridgehead atoms. The van der Waals surface area contributed by atoms with Crippen LogP contribution < -0.4 is 4.18 Å². The average Bonchev–Trinajstić information content (AvgIpc) is 3.15. The van der Waals surface area contributed by atoms with Crippen molar-refractivity contribution in [1.29, 1.82) is 0 Å². The van der Waals surface area contributed by atoms with Gasteiger partial charge in [-0.25, -0.2) is 0 Å². The van der Waals surface area contributed by atoms with E-state index >= 15 is 0 Å². The minimum atomic E-state index is -3.56. The summed E-state index contributed by atoms with van der Waals surface area (Å²) in [6.07, 6.45) is 6.37. The van der Waals surface area contributed by atoms with Crippen molar-refractivity contribution < 1.29 is 21.8 Å². The second-order valence-electron chi connectivity index (χ2n) is 6.95. The smallest absolute Gasteiger partial charge is 0.306 e. The van der Waals surface area contributed by atoms with Gasteiger partial charge in [0.1, 0.15) is 11.5 Å². The Bertz CT molecular complexity index is 828. The molecule has 2 aromatic rings. The van der Waals surface area contributed by atoms with Crippen LogP contribution in [0.15, 0.2) is 47.1 Å². The summed E-state index contributed by atoms with van der Waals surface area (Å²) < 4.78 is 32.8. The summed E-state index contributed by atoms with van der Waals surface area (Å²) in [6.45, 7) is 4.98. The fourth-order valence-electron chi connectivity index (χ4n) is 3.06. The van der Waals surface area contributed by atoms with Gasteiger partial charge in [0, 0.05) is 12.5 Å². The highest BCUT2D eigenvalue weighted by Crippen LogP contribution is 2.21. The molecule has 0 aliphatic rings. The maximum absolute atomic E-state index is 13.1. The topological polar surface area (TPSA) is 76.8 Å². The Morgan fingerprint density at radius 2 is 1.86 bits per heavy atom. The zero-order valence-corrected chi connectivity index (χ0v) is 17.6. The number of amides is 1. The van der Waals surface area contributed by atoms with E-state index in [4.69, 9.17) is 8.60 Å². The van der Waals surface area contributed by atoms with Gasteiger partial charge in [0.2, 0.25) is 5.91 Å². The zero-order chi connectivity index (χ0) is 20.6. The van der Waals surface area contributed by atoms with Crippen LogP contribution in [-0.2, 0) is 28.0 Å². The minimum absolute atomic E-state index is 0.0113. The highest BCUT2D eigenvalue weighted by molar-refractivity contribution is 7.86. The second-order valence-corrected chi connectivity index (χ2v) is 8.53. The van der Waals surface area contributed by atoms with E-state index in [1.165, 1.54) is 0 Å². The molecule has 0 spiro atoms. The fraction of sp³-hybridized carbons (Fsp3) is 0.476. The predicted molar refractivity (Wildman–Crippen MR) is 108 cm³/mol. The molecule has 1 amide bonds. The van der Waals surface area contributed by atoms with Gasteiger partial charge in [-0.3, -0.25) is 4.79 Å². The number of nitrogens with zero attached hydrogens (tertiary/aromatic N) is 1. The molecule has 0 saturated heterocycles. The number of benzene rings is 1. The molecule has 1 atom stereocenters. The van der Waals surface area contributed by atoms with Gasteiger partial charge in [-0.2, -0.15) is 8.42 Å². The quantitative estimate of drug-likeness (QED) is 0.517. The van der Waals surface area contributed by atoms with Crippen molar-refractivity contribution in [2.75, 3.05) is 6.26 Å². The number of rotatable bonds is 11. The van der Waals surface area contributed by atoms with E-state index in [0.717, 1.165) is 43.3 Å². The summed E-state index contributed by atoms with van der Waals surface area (Å²) >= 11 is 0. The lowest BCUT2D eigenvalue weighted by Crippen LogP contribution is -2.35. The van der Waals surface area contributed by atoms with Gasteiger partial charge < -0.3 is 13.5 Å². The summed E-state index contributed by atoms with van der Waals surface area (Å²) in [5, 5.41) is 0. The Hall–Kier alpha value is -2.28. The van der Waals surface area contributed by atoms with E-state index in [0.29, 0.717) is 13.1 Å². The molecule has 2 rings (SSSR count). The van der Waals surface area contributed by atoms with Gasteiger partial charge in [0.25, 0.3) is 0 Å². The van der Waals surface area contributed by atoms with E-state index in [1.54, 1.807) is 35.4 Å². The normalized spacial score (nSPS) is 12.5. The summed E-state index contributed by atoms with van der Waals surface area (Å²) in [6, 6.07) is 10.4. The molecule has 0 N–H and O–H groups in total. The highest BCUT2D eigenvalue weighted by atomic mass is 32.2. The van der Waals surface area contributed by atoms with Crippen molar-refractivity contribution in [3.8, 4) is 5.75 Å². The molecule has 0 unspecified atom stereocenters. The molecular formula is C21H29NO5S. The van der Waals surface area contributed by atoms with Crippen molar-refractivity contribution in [2.45, 2.75) is 52.6 Å². The SMILES string of the molecule is CCCC[C@H](CC)C(=O)N(Cc1ccc(OS(C)(=O)=O)cc1)Cc1ccco1. The van der Waals surface area contributed by atoms with Crippen LogP contribution >= 0.6 is 0 Å². The van der Waals surface area contributed by atoms with Crippen LogP contribution in [-0.4, -0.2) is 25.5 Å². The third-order valence-electron chi connectivity index (χ3n) is 4.53. The Labute approximate surface area is 167 Å². The number of unbranched alkanes of at least 4 members (excludes halogenated alkanes) is 1. The molecule has 6 nitrogen and oxygen atoms in total. The number of furan rings is 1. The van der Waals surface area contributed by atoms with Crippen molar-refractivity contribution in [2.24, 2.45) is 5.92 Å². The Balaban J connectivity index is 2.15. The summed E-state index contributed by atoms with van der Waals surface area (Å²) in [5.74, 6) is 1.09. The molecule has 1 heterocycles. The van der Waals surface area contributed by atoms with Crippen LogP contribution in [0, 0.1) is 5.92 Å². The van der Waals surface area contributed by atoms with Gasteiger partial charge in [-0.15, -0.1) is 0 Å². The molecule has 1 aromatic heterocycles. The first-order valence-electron chi connectivity index (χ1n) is 9.62. The van der Waals surface area contributed by atoms with Crippen molar-refractivity contribution in [1.82, 2.24) is 4.90 Å². The van der Waals surface area contributed by atoms with Gasteiger partial charge in [-0.1, -0.05) is 38.8 Å². The van der Waals surface area contributed by atoms with Crippen LogP contribution in [0.1, 0.15) is 50.9 Å². The average molecular weight is 408 g/mol. The Morgan fingerprint density at radius 1 is 1.14 bits per heavy atom. The number of carbonyl (C=O) groups excluding carboxylic acids is 1. The first kappa shape index (κ1) is 22.0. The van der Waals surface area contributed by atoms with Gasteiger partial charge in [-0.05, 0) is 42.7 Å². The number of hydrogen-bond acceptors (Lipinski definition) is 5. The Morgan fingerprint density at radius 3 is 2.39 bits per heavy atom. The van der Waals surface area contributed by atoms with Crippen LogP contribution in [0.3, 0.4) is 0 Å². The molecule has 154 valence electrons. The summed E-state index contributed by atoms with van der Waals surface area (Å²) in [4.78, 5) is 14.9. The van der Waals surface area contributed by atoms with Crippen molar-refractivity contribution >= 4 is 16.0 Å². The van der Waals surface area contributed by atoms with E-state index in [-0.39, 0.29) is 17.6 Å². The van der Waals surface area contributed by atoms with Gasteiger partial charge >= 0.3 is 10.1 Å². The lowest BCUT2D eigenvalue weighted by Gasteiger charge is -2.26. The minimum Gasteiger partial charge on any atom is -0.467 e. The van der Waals surface area contributed by atoms with Crippen LogP contribution in [0.5, 0.6) is 5.75 Å². The van der Waals surface area contributed by atoms with E-state index in [1.807, 2.05) is 19.1 Å². The van der Waals surface area contributed by atoms with Crippen molar-refractivity contribution in [3.63, 3.8) is 0 Å². The maximum atomic E-state index is 13.1. The molecule has 7 heteroatoms. The third-order valence-corrected chi connectivity index (χ3v) is 5.03. The summed E-state index contributed by atoms with van der Waals surface area (Å²) in [5.41, 5.74) is 0.895. The molecule has 1 aromatic carbocycles. The summed E-state index contributed by atoms with van der Waals surface area (Å²) in [7, 11) is -3.56. The van der Waals surface area contributed by atoms with Gasteiger partial charge in [0.05, 0.1) is 19.1 Å². The molecule has 28 heavy (non-hydrogen) atoms. The van der Waals surface area contributed by atoms with Crippen LogP contribution in [0.25, 0.3) is 0 Å². The molecule has 0 aliphatic carbocycles. The molecule has 0 radical (unpaired) electrons. The predicted octanol–water partition coefficient (Wildman–Crippen LogP) is 4.36. The zero-order valence-electron chi connectivity index (χ0n) is 16.8. The van der Waals surface area contributed by atoms with Crippen LogP contribution in [0.2, 0.25) is 0 Å². The number of hydrogen-bond donors (Lipinski definition) is 0. The monoisotopic (exact) mass is 407 g/mol. The second kappa shape index (κ2) is 10.3. The molecular weight excluding hydrogens is 378 g/mol. The highest BCUT2D eigenvalue weighted by Gasteiger charge is 2.23. The lowest BCUT2D eigenvalue weighted by molar-refractivity contribution is -0.137. The van der Waals surface area contributed by atoms with Crippen LogP contribution in [0.4, 0.5) is 0 Å². The molecule has 0 saturated carbocycles. The standard InChI is InChI=1S/C21H29NO5S/c1-4-6-8-18(5-2)21(23)22(16-20-9-7-14-26-20)15-17-10-12-19(13-11-17)27-28(3,24)25/h7,9-14,18H,4-6,8,15-16H2,1-3H3/t18-/m0/s1. The Kier molecular flexibility index (Phi) is 8.11. The van der Waals surface area contributed by atoms with E-state index in [9.17, 15) is 13.2 Å². The third kappa shape index (κ3) is 7.03. The van der Waals surface area contributed by atoms with Crippen molar-refractivity contribution in [3.05, 3.63) is 54.0 Å². The fourth-order valence-corrected chi connectivity index (χ4v) is 3.52.